The van der Waals surface area contributed by atoms with Gasteiger partial charge < -0.3 is 10.4 Å². The van der Waals surface area contributed by atoms with Crippen molar-refractivity contribution >= 4 is 11.7 Å². The van der Waals surface area contributed by atoms with Crippen molar-refractivity contribution in [2.24, 2.45) is 0 Å². The zero-order valence-electron chi connectivity index (χ0n) is 11.8. The molecule has 22 heavy (non-hydrogen) atoms. The number of hydrogen-bond donors (Lipinski definition) is 2. The quantitative estimate of drug-likeness (QED) is 0.758. The van der Waals surface area contributed by atoms with E-state index in [9.17, 15) is 9.90 Å². The lowest BCUT2D eigenvalue weighted by molar-refractivity contribution is -0.138. The molecule has 2 N–H and O–H groups in total. The van der Waals surface area contributed by atoms with Crippen LogP contribution in [0.4, 0.5) is 5.69 Å². The zero-order valence-corrected chi connectivity index (χ0v) is 11.8. The number of aromatic nitrogens is 2. The molecule has 2 aromatic carbocycles. The minimum absolute atomic E-state index is 0.714. The van der Waals surface area contributed by atoms with Crippen LogP contribution in [0.15, 0.2) is 73.1 Å². The second-order valence-electron chi connectivity index (χ2n) is 4.82. The van der Waals surface area contributed by atoms with Crippen LogP contribution in [0.3, 0.4) is 0 Å². The SMILES string of the molecule is O=C(O)C(Nc1ccc(-n2cccn2)cc1)c1ccccc1. The van der Waals surface area contributed by atoms with Crippen molar-refractivity contribution in [2.45, 2.75) is 6.04 Å². The highest BCUT2D eigenvalue weighted by Gasteiger charge is 2.19. The summed E-state index contributed by atoms with van der Waals surface area (Å²) < 4.78 is 1.75. The number of carboxylic acid groups (broad SMARTS) is 1. The molecular weight excluding hydrogens is 278 g/mol. The maximum Gasteiger partial charge on any atom is 0.330 e. The van der Waals surface area contributed by atoms with E-state index in [0.717, 1.165) is 11.4 Å². The molecule has 0 fully saturated rings. The molecule has 0 bridgehead atoms. The van der Waals surface area contributed by atoms with E-state index in [-0.39, 0.29) is 0 Å². The molecule has 0 amide bonds. The molecule has 0 radical (unpaired) electrons. The molecule has 1 heterocycles. The van der Waals surface area contributed by atoms with Crippen LogP contribution in [-0.4, -0.2) is 20.9 Å². The van der Waals surface area contributed by atoms with Crippen LogP contribution in [0.1, 0.15) is 11.6 Å². The lowest BCUT2D eigenvalue weighted by Gasteiger charge is -2.16. The van der Waals surface area contributed by atoms with E-state index in [0.29, 0.717) is 5.56 Å². The van der Waals surface area contributed by atoms with Crippen LogP contribution in [0.25, 0.3) is 5.69 Å². The smallest absolute Gasteiger partial charge is 0.330 e. The summed E-state index contributed by atoms with van der Waals surface area (Å²) in [6.07, 6.45) is 3.56. The third kappa shape index (κ3) is 2.98. The maximum absolute atomic E-state index is 11.5. The summed E-state index contributed by atoms with van der Waals surface area (Å²) in [5.74, 6) is -0.914. The number of aliphatic carboxylic acids is 1. The van der Waals surface area contributed by atoms with E-state index in [1.54, 1.807) is 23.0 Å². The molecule has 110 valence electrons. The monoisotopic (exact) mass is 293 g/mol. The van der Waals surface area contributed by atoms with Gasteiger partial charge in [0.2, 0.25) is 0 Å². The number of carboxylic acids is 1. The summed E-state index contributed by atoms with van der Waals surface area (Å²) in [5.41, 5.74) is 2.38. The van der Waals surface area contributed by atoms with Crippen molar-refractivity contribution < 1.29 is 9.90 Å². The topological polar surface area (TPSA) is 67.2 Å². The van der Waals surface area contributed by atoms with Crippen molar-refractivity contribution in [1.29, 1.82) is 0 Å². The summed E-state index contributed by atoms with van der Waals surface area (Å²) in [6, 6.07) is 17.6. The molecule has 0 aliphatic heterocycles. The van der Waals surface area contributed by atoms with Crippen molar-refractivity contribution in [3.8, 4) is 5.69 Å². The van der Waals surface area contributed by atoms with Gasteiger partial charge in [0.1, 0.15) is 0 Å². The lowest BCUT2D eigenvalue weighted by atomic mass is 10.1. The van der Waals surface area contributed by atoms with Crippen molar-refractivity contribution in [3.05, 3.63) is 78.6 Å². The molecule has 0 aliphatic rings. The molecule has 1 aromatic heterocycles. The summed E-state index contributed by atoms with van der Waals surface area (Å²) in [6.45, 7) is 0. The molecule has 0 saturated heterocycles. The Bertz CT molecular complexity index is 737. The van der Waals surface area contributed by atoms with E-state index in [1.165, 1.54) is 0 Å². The Labute approximate surface area is 127 Å². The summed E-state index contributed by atoms with van der Waals surface area (Å²) in [4.78, 5) is 11.5. The van der Waals surface area contributed by atoms with Gasteiger partial charge >= 0.3 is 5.97 Å². The van der Waals surface area contributed by atoms with Crippen molar-refractivity contribution in [1.82, 2.24) is 9.78 Å². The Morgan fingerprint density at radius 3 is 2.36 bits per heavy atom. The first-order chi connectivity index (χ1) is 10.7. The van der Waals surface area contributed by atoms with Gasteiger partial charge in [-0.2, -0.15) is 5.10 Å². The van der Waals surface area contributed by atoms with Gasteiger partial charge in [-0.25, -0.2) is 9.48 Å². The average Bonchev–Trinajstić information content (AvgIpc) is 3.08. The first-order valence-corrected chi connectivity index (χ1v) is 6.88. The van der Waals surface area contributed by atoms with Gasteiger partial charge in [-0.1, -0.05) is 30.3 Å². The number of rotatable bonds is 5. The third-order valence-corrected chi connectivity index (χ3v) is 3.33. The fourth-order valence-electron chi connectivity index (χ4n) is 2.23. The molecule has 3 rings (SSSR count). The number of anilines is 1. The predicted octanol–water partition coefficient (Wildman–Crippen LogP) is 3.11. The van der Waals surface area contributed by atoms with Crippen LogP contribution in [0.2, 0.25) is 0 Å². The molecule has 5 nitrogen and oxygen atoms in total. The number of hydrogen-bond acceptors (Lipinski definition) is 3. The summed E-state index contributed by atoms with van der Waals surface area (Å²) >= 11 is 0. The number of nitrogens with one attached hydrogen (secondary N) is 1. The van der Waals surface area contributed by atoms with Crippen LogP contribution >= 0.6 is 0 Å². The van der Waals surface area contributed by atoms with E-state index >= 15 is 0 Å². The van der Waals surface area contributed by atoms with E-state index < -0.39 is 12.0 Å². The Balaban J connectivity index is 1.80. The molecule has 0 spiro atoms. The van der Waals surface area contributed by atoms with Crippen molar-refractivity contribution in [2.75, 3.05) is 5.32 Å². The first-order valence-electron chi connectivity index (χ1n) is 6.88. The highest BCUT2D eigenvalue weighted by Crippen LogP contribution is 2.21. The largest absolute Gasteiger partial charge is 0.479 e. The Morgan fingerprint density at radius 2 is 1.77 bits per heavy atom. The predicted molar refractivity (Wildman–Crippen MR) is 84.0 cm³/mol. The Kier molecular flexibility index (Phi) is 3.87. The highest BCUT2D eigenvalue weighted by molar-refractivity contribution is 5.79. The maximum atomic E-state index is 11.5. The second-order valence-corrected chi connectivity index (χ2v) is 4.82. The zero-order chi connectivity index (χ0) is 15.4. The van der Waals surface area contributed by atoms with Gasteiger partial charge in [-0.3, -0.25) is 0 Å². The number of nitrogens with zero attached hydrogens (tertiary/aromatic N) is 2. The average molecular weight is 293 g/mol. The fourth-order valence-corrected chi connectivity index (χ4v) is 2.23. The standard InChI is InChI=1S/C17H15N3O2/c21-17(22)16(13-5-2-1-3-6-13)19-14-7-9-15(10-8-14)20-12-4-11-18-20/h1-12,16,19H,(H,21,22). The van der Waals surface area contributed by atoms with Gasteiger partial charge in [0.05, 0.1) is 5.69 Å². The minimum Gasteiger partial charge on any atom is -0.479 e. The van der Waals surface area contributed by atoms with Crippen molar-refractivity contribution in [3.63, 3.8) is 0 Å². The molecule has 5 heteroatoms. The highest BCUT2D eigenvalue weighted by atomic mass is 16.4. The van der Waals surface area contributed by atoms with E-state index in [2.05, 4.69) is 10.4 Å². The second kappa shape index (κ2) is 6.13. The molecule has 0 aliphatic carbocycles. The number of benzene rings is 2. The molecule has 1 atom stereocenters. The molecule has 1 unspecified atom stereocenters. The Morgan fingerprint density at radius 1 is 1.05 bits per heavy atom. The van der Waals surface area contributed by atoms with E-state index in [1.807, 2.05) is 54.7 Å². The van der Waals surface area contributed by atoms with E-state index in [4.69, 9.17) is 0 Å². The summed E-state index contributed by atoms with van der Waals surface area (Å²) in [7, 11) is 0. The van der Waals surface area contributed by atoms with Gasteiger partial charge in [0, 0.05) is 18.1 Å². The molecule has 3 aromatic rings. The number of carbonyl (C=O) groups is 1. The fraction of sp³-hybridized carbons (Fsp3) is 0.0588. The molecular formula is C17H15N3O2. The summed E-state index contributed by atoms with van der Waals surface area (Å²) in [5, 5.41) is 16.6. The third-order valence-electron chi connectivity index (χ3n) is 3.33. The van der Waals surface area contributed by atoms with Gasteiger partial charge in [0.15, 0.2) is 6.04 Å². The normalized spacial score (nSPS) is 11.8. The first kappa shape index (κ1) is 13.9. The van der Waals surface area contributed by atoms with Gasteiger partial charge in [-0.15, -0.1) is 0 Å². The van der Waals surface area contributed by atoms with Gasteiger partial charge in [0.25, 0.3) is 0 Å². The Hall–Kier alpha value is -3.08. The van der Waals surface area contributed by atoms with Gasteiger partial charge in [-0.05, 0) is 35.9 Å². The van der Waals surface area contributed by atoms with Crippen LogP contribution < -0.4 is 5.32 Å². The lowest BCUT2D eigenvalue weighted by Crippen LogP contribution is -2.20. The van der Waals surface area contributed by atoms with Crippen LogP contribution in [0, 0.1) is 0 Å². The minimum atomic E-state index is -0.914. The van der Waals surface area contributed by atoms with Crippen LogP contribution in [-0.2, 0) is 4.79 Å². The van der Waals surface area contributed by atoms with Crippen LogP contribution in [0.5, 0.6) is 0 Å². The molecule has 0 saturated carbocycles.